The third-order valence-electron chi connectivity index (χ3n) is 4.07. The van der Waals surface area contributed by atoms with Crippen molar-refractivity contribution >= 4 is 34.7 Å². The third-order valence-corrected chi connectivity index (χ3v) is 4.07. The van der Waals surface area contributed by atoms with E-state index in [-0.39, 0.29) is 0 Å². The van der Waals surface area contributed by atoms with Crippen LogP contribution in [0.4, 0.5) is 0 Å². The average Bonchev–Trinajstić information content (AvgIpc) is 2.93. The minimum Gasteiger partial charge on any atom is -0.456 e. The number of hydrogen-bond donors (Lipinski definition) is 0. The van der Waals surface area contributed by atoms with Crippen molar-refractivity contribution in [3.05, 3.63) is 66.7 Å². The quantitative estimate of drug-likeness (QED) is 0.493. The van der Waals surface area contributed by atoms with Crippen molar-refractivity contribution in [1.82, 2.24) is 0 Å². The van der Waals surface area contributed by atoms with E-state index in [1.54, 1.807) is 0 Å². The van der Waals surface area contributed by atoms with Gasteiger partial charge in [-0.2, -0.15) is 0 Å². The molecule has 0 N–H and O–H groups in total. The molecule has 4 rings (SSSR count). The Balaban J connectivity index is 1.90. The molecule has 4 aromatic rings. The van der Waals surface area contributed by atoms with Crippen LogP contribution in [0.1, 0.15) is 0 Å². The van der Waals surface area contributed by atoms with Crippen molar-refractivity contribution in [1.29, 1.82) is 0 Å². The molecule has 1 aromatic heterocycles. The van der Waals surface area contributed by atoms with Gasteiger partial charge in [0, 0.05) is 10.8 Å². The number of para-hydroxylation sites is 1. The molecule has 0 aliphatic rings. The Morgan fingerprint density at radius 1 is 0.714 bits per heavy atom. The molecule has 0 aliphatic carbocycles. The second kappa shape index (κ2) is 4.82. The fourth-order valence-corrected chi connectivity index (χ4v) is 2.84. The molecule has 21 heavy (non-hydrogen) atoms. The lowest BCUT2D eigenvalue weighted by molar-refractivity contribution is 0.669. The van der Waals surface area contributed by atoms with Gasteiger partial charge in [0.05, 0.1) is 0 Å². The van der Waals surface area contributed by atoms with E-state index in [9.17, 15) is 0 Å². The van der Waals surface area contributed by atoms with Crippen LogP contribution in [0, 0.1) is 0 Å². The topological polar surface area (TPSA) is 13.1 Å². The van der Waals surface area contributed by atoms with Crippen molar-refractivity contribution in [3.63, 3.8) is 0 Å². The lowest BCUT2D eigenvalue weighted by Crippen LogP contribution is -2.08. The van der Waals surface area contributed by atoms with Crippen LogP contribution in [0.15, 0.2) is 71.1 Å². The maximum absolute atomic E-state index is 5.88. The van der Waals surface area contributed by atoms with E-state index in [4.69, 9.17) is 4.42 Å². The van der Waals surface area contributed by atoms with Gasteiger partial charge in [0.1, 0.15) is 11.2 Å². The van der Waals surface area contributed by atoms with Gasteiger partial charge < -0.3 is 4.42 Å². The molecule has 0 fully saturated rings. The van der Waals surface area contributed by atoms with Crippen LogP contribution in [-0.2, 0) is 0 Å². The largest absolute Gasteiger partial charge is 0.456 e. The molecule has 0 saturated heterocycles. The number of hydrogen-bond acceptors (Lipinski definition) is 1. The SMILES string of the molecule is CBc1ccc(-c2ccc3oc4ccccc4c3c2)cc1. The van der Waals surface area contributed by atoms with Gasteiger partial charge in [0.15, 0.2) is 7.28 Å². The first kappa shape index (κ1) is 12.3. The molecular formula is C19H15BO. The zero-order valence-corrected chi connectivity index (χ0v) is 12.0. The molecule has 0 bridgehead atoms. The van der Waals surface area contributed by atoms with Gasteiger partial charge in [-0.1, -0.05) is 60.8 Å². The zero-order chi connectivity index (χ0) is 14.2. The summed E-state index contributed by atoms with van der Waals surface area (Å²) >= 11 is 0. The summed E-state index contributed by atoms with van der Waals surface area (Å²) in [5.41, 5.74) is 5.75. The maximum atomic E-state index is 5.88. The van der Waals surface area contributed by atoms with Crippen LogP contribution in [0.3, 0.4) is 0 Å². The molecule has 0 amide bonds. The molecule has 1 heterocycles. The Labute approximate surface area is 124 Å². The van der Waals surface area contributed by atoms with Crippen LogP contribution in [0.2, 0.25) is 6.82 Å². The minimum atomic E-state index is 0.949. The Morgan fingerprint density at radius 2 is 1.43 bits per heavy atom. The van der Waals surface area contributed by atoms with Gasteiger partial charge >= 0.3 is 0 Å². The Bertz CT molecular complexity index is 919. The predicted octanol–water partition coefficient (Wildman–Crippen LogP) is 4.36. The molecule has 2 heteroatoms. The third kappa shape index (κ3) is 2.04. The highest BCUT2D eigenvalue weighted by atomic mass is 16.3. The minimum absolute atomic E-state index is 0.949. The summed E-state index contributed by atoms with van der Waals surface area (Å²) < 4.78 is 5.88. The zero-order valence-electron chi connectivity index (χ0n) is 12.0. The molecule has 3 aromatic carbocycles. The molecule has 100 valence electrons. The molecule has 0 spiro atoms. The summed E-state index contributed by atoms with van der Waals surface area (Å²) in [6, 6.07) is 23.4. The highest BCUT2D eigenvalue weighted by molar-refractivity contribution is 6.51. The van der Waals surface area contributed by atoms with Crippen molar-refractivity contribution in [2.75, 3.05) is 0 Å². The average molecular weight is 270 g/mol. The molecule has 0 saturated carbocycles. The van der Waals surface area contributed by atoms with E-state index in [0.29, 0.717) is 0 Å². The standard InChI is InChI=1S/C19H15BO/c1-20-15-9-6-13(7-10-15)14-8-11-19-17(12-14)16-4-2-3-5-18(16)21-19/h2-12,20H,1H3. The smallest absolute Gasteiger partial charge is 0.154 e. The monoisotopic (exact) mass is 270 g/mol. The Kier molecular flexibility index (Phi) is 2.82. The molecule has 1 nitrogen and oxygen atoms in total. The summed E-state index contributed by atoms with van der Waals surface area (Å²) in [4.78, 5) is 0. The van der Waals surface area contributed by atoms with Gasteiger partial charge in [-0.15, -0.1) is 0 Å². The molecule has 0 unspecified atom stereocenters. The van der Waals surface area contributed by atoms with Crippen LogP contribution >= 0.6 is 0 Å². The lowest BCUT2D eigenvalue weighted by Gasteiger charge is -2.03. The van der Waals surface area contributed by atoms with Gasteiger partial charge in [-0.05, 0) is 29.3 Å². The van der Waals surface area contributed by atoms with E-state index in [0.717, 1.165) is 18.4 Å². The summed E-state index contributed by atoms with van der Waals surface area (Å²) in [6.07, 6.45) is 0. The first-order chi connectivity index (χ1) is 10.3. The van der Waals surface area contributed by atoms with E-state index in [1.807, 2.05) is 12.1 Å². The van der Waals surface area contributed by atoms with E-state index in [1.165, 1.54) is 27.4 Å². The van der Waals surface area contributed by atoms with E-state index >= 15 is 0 Å². The van der Waals surface area contributed by atoms with Gasteiger partial charge in [-0.25, -0.2) is 0 Å². The summed E-state index contributed by atoms with van der Waals surface area (Å²) in [5.74, 6) is 0. The highest BCUT2D eigenvalue weighted by Gasteiger charge is 2.07. The molecule has 0 atom stereocenters. The van der Waals surface area contributed by atoms with Crippen LogP contribution in [-0.4, -0.2) is 7.28 Å². The van der Waals surface area contributed by atoms with Crippen molar-refractivity contribution in [2.24, 2.45) is 0 Å². The number of fused-ring (bicyclic) bond motifs is 3. The fourth-order valence-electron chi connectivity index (χ4n) is 2.84. The molecule has 0 aliphatic heterocycles. The van der Waals surface area contributed by atoms with Gasteiger partial charge in [-0.3, -0.25) is 0 Å². The summed E-state index contributed by atoms with van der Waals surface area (Å²) in [7, 11) is 1.08. The van der Waals surface area contributed by atoms with Gasteiger partial charge in [0.25, 0.3) is 0 Å². The van der Waals surface area contributed by atoms with Crippen LogP contribution < -0.4 is 5.46 Å². The number of furan rings is 1. The predicted molar refractivity (Wildman–Crippen MR) is 91.8 cm³/mol. The summed E-state index contributed by atoms with van der Waals surface area (Å²) in [5, 5.41) is 2.36. The molecular weight excluding hydrogens is 255 g/mol. The Hall–Kier alpha value is -2.48. The Morgan fingerprint density at radius 3 is 2.24 bits per heavy atom. The van der Waals surface area contributed by atoms with Gasteiger partial charge in [0.2, 0.25) is 0 Å². The van der Waals surface area contributed by atoms with Crippen molar-refractivity contribution in [3.8, 4) is 11.1 Å². The fraction of sp³-hybridized carbons (Fsp3) is 0.0526. The van der Waals surface area contributed by atoms with E-state index < -0.39 is 0 Å². The first-order valence-corrected chi connectivity index (χ1v) is 7.36. The maximum Gasteiger partial charge on any atom is 0.154 e. The van der Waals surface area contributed by atoms with Crippen LogP contribution in [0.5, 0.6) is 0 Å². The lowest BCUT2D eigenvalue weighted by atomic mass is 9.73. The number of benzene rings is 3. The van der Waals surface area contributed by atoms with E-state index in [2.05, 4.69) is 61.4 Å². The second-order valence-electron chi connectivity index (χ2n) is 5.36. The molecule has 0 radical (unpaired) electrons. The van der Waals surface area contributed by atoms with Crippen molar-refractivity contribution < 1.29 is 4.42 Å². The highest BCUT2D eigenvalue weighted by Crippen LogP contribution is 2.31. The first-order valence-electron chi connectivity index (χ1n) is 7.36. The van der Waals surface area contributed by atoms with Crippen molar-refractivity contribution in [2.45, 2.75) is 6.82 Å². The normalized spacial score (nSPS) is 11.1. The number of rotatable bonds is 2. The van der Waals surface area contributed by atoms with Crippen LogP contribution in [0.25, 0.3) is 33.1 Å². The summed E-state index contributed by atoms with van der Waals surface area (Å²) in [6.45, 7) is 2.18. The second-order valence-corrected chi connectivity index (χ2v) is 5.36.